The molecule has 24 heavy (non-hydrogen) atoms. The third kappa shape index (κ3) is 5.28. The van der Waals surface area contributed by atoms with Crippen molar-refractivity contribution < 1.29 is 14.3 Å². The highest BCUT2D eigenvalue weighted by atomic mass is 35.5. The summed E-state index contributed by atoms with van der Waals surface area (Å²) in [7, 11) is 1.61. The normalized spacial score (nSPS) is 11.5. The van der Waals surface area contributed by atoms with Gasteiger partial charge in [0.05, 0.1) is 7.11 Å². The molecular formula is C18H19ClN2O3. The standard InChI is InChI=1S/C18H19ClN2O3/c1-12(11-13-3-9-16(24-2)10-4-13)20-17(22)18(23)21-15-7-5-14(19)6-8-15/h3-10,12H,11H2,1-2H3,(H,20,22)(H,21,23). The van der Waals surface area contributed by atoms with Crippen molar-refractivity contribution in [1.29, 1.82) is 0 Å². The van der Waals surface area contributed by atoms with Gasteiger partial charge in [-0.25, -0.2) is 0 Å². The average Bonchev–Trinajstić information content (AvgIpc) is 2.57. The molecule has 126 valence electrons. The van der Waals surface area contributed by atoms with Crippen molar-refractivity contribution in [2.75, 3.05) is 12.4 Å². The van der Waals surface area contributed by atoms with Gasteiger partial charge in [-0.1, -0.05) is 23.7 Å². The second-order valence-electron chi connectivity index (χ2n) is 5.39. The van der Waals surface area contributed by atoms with Crippen molar-refractivity contribution >= 4 is 29.1 Å². The van der Waals surface area contributed by atoms with Crippen LogP contribution in [0, 0.1) is 0 Å². The van der Waals surface area contributed by atoms with Crippen LogP contribution >= 0.6 is 11.6 Å². The SMILES string of the molecule is COc1ccc(CC(C)NC(=O)C(=O)Nc2ccc(Cl)cc2)cc1. The Hall–Kier alpha value is -2.53. The average molecular weight is 347 g/mol. The van der Waals surface area contributed by atoms with E-state index >= 15 is 0 Å². The molecule has 0 bridgehead atoms. The number of methoxy groups -OCH3 is 1. The van der Waals surface area contributed by atoms with Gasteiger partial charge in [-0.3, -0.25) is 9.59 Å². The van der Waals surface area contributed by atoms with Crippen LogP contribution in [-0.4, -0.2) is 25.0 Å². The van der Waals surface area contributed by atoms with Gasteiger partial charge in [-0.2, -0.15) is 0 Å². The molecule has 0 saturated carbocycles. The molecular weight excluding hydrogens is 328 g/mol. The van der Waals surface area contributed by atoms with Crippen molar-refractivity contribution in [3.63, 3.8) is 0 Å². The fourth-order valence-corrected chi connectivity index (χ4v) is 2.30. The number of carbonyl (C=O) groups is 2. The van der Waals surface area contributed by atoms with E-state index in [4.69, 9.17) is 16.3 Å². The quantitative estimate of drug-likeness (QED) is 0.818. The van der Waals surface area contributed by atoms with Crippen LogP contribution in [0.15, 0.2) is 48.5 Å². The molecule has 0 heterocycles. The van der Waals surface area contributed by atoms with E-state index in [1.165, 1.54) is 0 Å². The van der Waals surface area contributed by atoms with Crippen LogP contribution in [0.1, 0.15) is 12.5 Å². The zero-order valence-electron chi connectivity index (χ0n) is 13.5. The maximum atomic E-state index is 11.9. The third-order valence-corrected chi connectivity index (χ3v) is 3.64. The Labute approximate surface area is 146 Å². The van der Waals surface area contributed by atoms with Crippen LogP contribution < -0.4 is 15.4 Å². The monoisotopic (exact) mass is 346 g/mol. The minimum Gasteiger partial charge on any atom is -0.497 e. The smallest absolute Gasteiger partial charge is 0.313 e. The van der Waals surface area contributed by atoms with E-state index in [-0.39, 0.29) is 6.04 Å². The minimum absolute atomic E-state index is 0.179. The highest BCUT2D eigenvalue weighted by Crippen LogP contribution is 2.14. The van der Waals surface area contributed by atoms with Gasteiger partial charge in [0.15, 0.2) is 0 Å². The summed E-state index contributed by atoms with van der Waals surface area (Å²) >= 11 is 5.78. The van der Waals surface area contributed by atoms with E-state index in [1.54, 1.807) is 31.4 Å². The van der Waals surface area contributed by atoms with Crippen LogP contribution in [0.4, 0.5) is 5.69 Å². The largest absolute Gasteiger partial charge is 0.497 e. The first-order valence-electron chi connectivity index (χ1n) is 7.48. The van der Waals surface area contributed by atoms with Crippen LogP contribution in [0.5, 0.6) is 5.75 Å². The molecule has 0 fully saturated rings. The highest BCUT2D eigenvalue weighted by molar-refractivity contribution is 6.39. The van der Waals surface area contributed by atoms with E-state index in [9.17, 15) is 9.59 Å². The first-order chi connectivity index (χ1) is 11.5. The molecule has 2 aromatic rings. The van der Waals surface area contributed by atoms with Gasteiger partial charge in [-0.05, 0) is 55.3 Å². The van der Waals surface area contributed by atoms with Crippen molar-refractivity contribution in [2.24, 2.45) is 0 Å². The summed E-state index contributed by atoms with van der Waals surface area (Å²) in [6, 6.07) is 13.9. The van der Waals surface area contributed by atoms with Crippen LogP contribution in [-0.2, 0) is 16.0 Å². The summed E-state index contributed by atoms with van der Waals surface area (Å²) in [5.41, 5.74) is 1.56. The zero-order valence-corrected chi connectivity index (χ0v) is 14.3. The molecule has 2 rings (SSSR count). The zero-order chi connectivity index (χ0) is 17.5. The number of rotatable bonds is 5. The number of anilines is 1. The number of benzene rings is 2. The topological polar surface area (TPSA) is 67.4 Å². The molecule has 2 aromatic carbocycles. The second kappa shape index (κ2) is 8.36. The summed E-state index contributed by atoms with van der Waals surface area (Å²) in [6.07, 6.45) is 0.615. The van der Waals surface area contributed by atoms with Gasteiger partial charge in [0.25, 0.3) is 0 Å². The number of ether oxygens (including phenoxy) is 1. The van der Waals surface area contributed by atoms with Gasteiger partial charge in [0.1, 0.15) is 5.75 Å². The van der Waals surface area contributed by atoms with E-state index in [0.29, 0.717) is 17.1 Å². The first kappa shape index (κ1) is 17.8. The van der Waals surface area contributed by atoms with E-state index in [1.807, 2.05) is 31.2 Å². The van der Waals surface area contributed by atoms with Crippen LogP contribution in [0.2, 0.25) is 5.02 Å². The fraction of sp³-hybridized carbons (Fsp3) is 0.222. The van der Waals surface area contributed by atoms with Crippen LogP contribution in [0.3, 0.4) is 0 Å². The summed E-state index contributed by atoms with van der Waals surface area (Å²) < 4.78 is 5.10. The molecule has 2 amide bonds. The van der Waals surface area contributed by atoms with E-state index in [0.717, 1.165) is 11.3 Å². The maximum Gasteiger partial charge on any atom is 0.313 e. The van der Waals surface area contributed by atoms with Gasteiger partial charge in [-0.15, -0.1) is 0 Å². The lowest BCUT2D eigenvalue weighted by molar-refractivity contribution is -0.136. The number of nitrogens with one attached hydrogen (secondary N) is 2. The highest BCUT2D eigenvalue weighted by Gasteiger charge is 2.16. The van der Waals surface area contributed by atoms with Gasteiger partial charge >= 0.3 is 11.8 Å². The molecule has 0 aromatic heterocycles. The van der Waals surface area contributed by atoms with Crippen molar-refractivity contribution in [1.82, 2.24) is 5.32 Å². The summed E-state index contributed by atoms with van der Waals surface area (Å²) in [5.74, 6) is -0.609. The van der Waals surface area contributed by atoms with E-state index < -0.39 is 11.8 Å². The molecule has 5 nitrogen and oxygen atoms in total. The van der Waals surface area contributed by atoms with E-state index in [2.05, 4.69) is 10.6 Å². The van der Waals surface area contributed by atoms with Crippen molar-refractivity contribution in [3.05, 3.63) is 59.1 Å². The Morgan fingerprint density at radius 2 is 1.67 bits per heavy atom. The number of hydrogen-bond acceptors (Lipinski definition) is 3. The Morgan fingerprint density at radius 1 is 1.04 bits per heavy atom. The van der Waals surface area contributed by atoms with Gasteiger partial charge in [0, 0.05) is 16.8 Å². The Bertz CT molecular complexity index is 699. The Morgan fingerprint density at radius 3 is 2.25 bits per heavy atom. The molecule has 0 spiro atoms. The predicted molar refractivity (Wildman–Crippen MR) is 94.4 cm³/mol. The molecule has 2 N–H and O–H groups in total. The number of carbonyl (C=O) groups excluding carboxylic acids is 2. The van der Waals surface area contributed by atoms with Crippen molar-refractivity contribution in [2.45, 2.75) is 19.4 Å². The predicted octanol–water partition coefficient (Wildman–Crippen LogP) is 3.03. The molecule has 6 heteroatoms. The molecule has 0 saturated heterocycles. The lowest BCUT2D eigenvalue weighted by atomic mass is 10.1. The lowest BCUT2D eigenvalue weighted by Gasteiger charge is -2.14. The number of halogens is 1. The summed E-state index contributed by atoms with van der Waals surface area (Å²) in [6.45, 7) is 1.84. The molecule has 0 aliphatic heterocycles. The minimum atomic E-state index is -0.709. The first-order valence-corrected chi connectivity index (χ1v) is 7.86. The molecule has 0 aliphatic rings. The molecule has 1 unspecified atom stereocenters. The van der Waals surface area contributed by atoms with Crippen LogP contribution in [0.25, 0.3) is 0 Å². The maximum absolute atomic E-state index is 11.9. The lowest BCUT2D eigenvalue weighted by Crippen LogP contribution is -2.41. The Kier molecular flexibility index (Phi) is 6.21. The molecule has 0 aliphatic carbocycles. The summed E-state index contributed by atoms with van der Waals surface area (Å²) in [5, 5.41) is 5.77. The van der Waals surface area contributed by atoms with Crippen molar-refractivity contribution in [3.8, 4) is 5.75 Å². The number of hydrogen-bond donors (Lipinski definition) is 2. The summed E-state index contributed by atoms with van der Waals surface area (Å²) in [4.78, 5) is 23.8. The second-order valence-corrected chi connectivity index (χ2v) is 5.82. The Balaban J connectivity index is 1.85. The number of amides is 2. The third-order valence-electron chi connectivity index (χ3n) is 3.39. The molecule has 0 radical (unpaired) electrons. The fourth-order valence-electron chi connectivity index (χ4n) is 2.18. The van der Waals surface area contributed by atoms with Gasteiger partial charge in [0.2, 0.25) is 0 Å². The van der Waals surface area contributed by atoms with Gasteiger partial charge < -0.3 is 15.4 Å². The molecule has 1 atom stereocenters.